The third kappa shape index (κ3) is 5.15. The number of aromatic nitrogens is 2. The Morgan fingerprint density at radius 2 is 1.96 bits per heavy atom. The summed E-state index contributed by atoms with van der Waals surface area (Å²) in [6.07, 6.45) is 0.157. The number of nitrogens with one attached hydrogen (secondary N) is 2. The summed E-state index contributed by atoms with van der Waals surface area (Å²) in [6.45, 7) is 0. The smallest absolute Gasteiger partial charge is 0.335 e. The Bertz CT molecular complexity index is 773. The number of amides is 1. The average molecular weight is 335 g/mol. The number of aromatic amines is 1. The first-order valence-electron chi connectivity index (χ1n) is 6.50. The zero-order valence-corrected chi connectivity index (χ0v) is 12.6. The van der Waals surface area contributed by atoms with Crippen LogP contribution in [-0.2, 0) is 4.79 Å². The fourth-order valence-electron chi connectivity index (χ4n) is 1.65. The molecule has 0 atom stereocenters. The number of H-pyrrole nitrogens is 1. The number of hydrogen-bond donors (Lipinski definition) is 4. The zero-order valence-electron chi connectivity index (χ0n) is 11.8. The van der Waals surface area contributed by atoms with Crippen LogP contribution in [-0.4, -0.2) is 37.8 Å². The molecule has 0 aliphatic carbocycles. The van der Waals surface area contributed by atoms with Crippen LogP contribution in [0.3, 0.4) is 0 Å². The van der Waals surface area contributed by atoms with Crippen LogP contribution < -0.4 is 10.9 Å². The van der Waals surface area contributed by atoms with Crippen molar-refractivity contribution in [2.24, 2.45) is 0 Å². The van der Waals surface area contributed by atoms with Crippen LogP contribution in [0.4, 0.5) is 5.69 Å². The Hall–Kier alpha value is -2.81. The minimum absolute atomic E-state index is 0.137. The number of nitrogens with zero attached hydrogens (tertiary/aromatic N) is 1. The second kappa shape index (κ2) is 7.45. The average Bonchev–Trinajstić information content (AvgIpc) is 2.46. The molecule has 1 heterocycles. The molecule has 0 aliphatic rings. The van der Waals surface area contributed by atoms with Crippen molar-refractivity contribution in [1.82, 2.24) is 9.97 Å². The predicted octanol–water partition coefficient (Wildman–Crippen LogP) is 1.29. The van der Waals surface area contributed by atoms with Gasteiger partial charge in [-0.1, -0.05) is 11.8 Å². The van der Waals surface area contributed by atoms with Gasteiger partial charge in [-0.15, -0.1) is 0 Å². The molecule has 1 aromatic carbocycles. The molecule has 0 unspecified atom stereocenters. The van der Waals surface area contributed by atoms with Crippen molar-refractivity contribution in [3.05, 3.63) is 46.2 Å². The second-order valence-corrected chi connectivity index (χ2v) is 5.52. The molecule has 1 amide bonds. The van der Waals surface area contributed by atoms with Crippen molar-refractivity contribution in [3.8, 4) is 5.88 Å². The van der Waals surface area contributed by atoms with E-state index in [4.69, 9.17) is 5.11 Å². The predicted molar refractivity (Wildman–Crippen MR) is 83.9 cm³/mol. The van der Waals surface area contributed by atoms with E-state index in [1.54, 1.807) is 0 Å². The quantitative estimate of drug-likeness (QED) is 0.462. The topological polar surface area (TPSA) is 132 Å². The third-order valence-electron chi connectivity index (χ3n) is 2.69. The molecule has 8 nitrogen and oxygen atoms in total. The molecular formula is C14H13N3O5S. The summed E-state index contributed by atoms with van der Waals surface area (Å²) >= 11 is 1.13. The van der Waals surface area contributed by atoms with Crippen molar-refractivity contribution in [1.29, 1.82) is 0 Å². The highest BCUT2D eigenvalue weighted by Gasteiger charge is 2.06. The van der Waals surface area contributed by atoms with E-state index in [9.17, 15) is 19.5 Å². The minimum atomic E-state index is -1.04. The highest BCUT2D eigenvalue weighted by atomic mass is 32.2. The van der Waals surface area contributed by atoms with Crippen LogP contribution in [0.15, 0.2) is 40.3 Å². The van der Waals surface area contributed by atoms with Crippen molar-refractivity contribution in [2.75, 3.05) is 11.1 Å². The van der Waals surface area contributed by atoms with E-state index in [1.807, 2.05) is 0 Å². The number of carboxylic acids is 1. The molecule has 0 spiro atoms. The molecular weight excluding hydrogens is 322 g/mol. The van der Waals surface area contributed by atoms with Gasteiger partial charge in [-0.05, 0) is 24.3 Å². The maximum atomic E-state index is 11.8. The second-order valence-electron chi connectivity index (χ2n) is 4.44. The molecule has 23 heavy (non-hydrogen) atoms. The molecule has 4 N–H and O–H groups in total. The minimum Gasteiger partial charge on any atom is -0.493 e. The van der Waals surface area contributed by atoms with Gasteiger partial charge in [0.1, 0.15) is 0 Å². The maximum absolute atomic E-state index is 11.8. The number of aromatic hydroxyl groups is 1. The summed E-state index contributed by atoms with van der Waals surface area (Å²) in [5.41, 5.74) is 0.161. The van der Waals surface area contributed by atoms with Crippen LogP contribution in [0.2, 0.25) is 0 Å². The fraction of sp³-hybridized carbons (Fsp3) is 0.143. The SMILES string of the molecule is O=C(CCSc1nc(O)cc(=O)[nH]1)Nc1ccc(C(=O)O)cc1. The lowest BCUT2D eigenvalue weighted by atomic mass is 10.2. The largest absolute Gasteiger partial charge is 0.493 e. The molecule has 9 heteroatoms. The van der Waals surface area contributed by atoms with E-state index in [-0.39, 0.29) is 28.9 Å². The van der Waals surface area contributed by atoms with Crippen LogP contribution in [0.1, 0.15) is 16.8 Å². The van der Waals surface area contributed by atoms with Gasteiger partial charge in [0, 0.05) is 17.9 Å². The first-order chi connectivity index (χ1) is 10.9. The van der Waals surface area contributed by atoms with Gasteiger partial charge < -0.3 is 20.5 Å². The lowest BCUT2D eigenvalue weighted by Gasteiger charge is -2.05. The van der Waals surface area contributed by atoms with Gasteiger partial charge in [-0.2, -0.15) is 4.98 Å². The molecule has 0 radical (unpaired) electrons. The normalized spacial score (nSPS) is 10.3. The van der Waals surface area contributed by atoms with E-state index >= 15 is 0 Å². The van der Waals surface area contributed by atoms with Gasteiger partial charge in [0.15, 0.2) is 5.16 Å². The molecule has 120 valence electrons. The van der Waals surface area contributed by atoms with E-state index in [2.05, 4.69) is 15.3 Å². The van der Waals surface area contributed by atoms with Crippen LogP contribution in [0.25, 0.3) is 0 Å². The van der Waals surface area contributed by atoms with E-state index in [1.165, 1.54) is 24.3 Å². The number of aromatic carboxylic acids is 1. The summed E-state index contributed by atoms with van der Waals surface area (Å²) in [5.74, 6) is -1.32. The highest BCUT2D eigenvalue weighted by Crippen LogP contribution is 2.15. The maximum Gasteiger partial charge on any atom is 0.335 e. The summed E-state index contributed by atoms with van der Waals surface area (Å²) in [5, 5.41) is 20.8. The first kappa shape index (κ1) is 16.6. The Balaban J connectivity index is 1.83. The van der Waals surface area contributed by atoms with Gasteiger partial charge in [0.05, 0.1) is 11.6 Å². The molecule has 0 saturated heterocycles. The number of anilines is 1. The number of carbonyl (C=O) groups excluding carboxylic acids is 1. The van der Waals surface area contributed by atoms with Gasteiger partial charge in [0.2, 0.25) is 11.8 Å². The van der Waals surface area contributed by atoms with Crippen molar-refractivity contribution in [3.63, 3.8) is 0 Å². The van der Waals surface area contributed by atoms with Crippen molar-refractivity contribution in [2.45, 2.75) is 11.6 Å². The number of thioether (sulfide) groups is 1. The standard InChI is InChI=1S/C14H13N3O5S/c18-10(15-9-3-1-8(2-4-9)13(21)22)5-6-23-14-16-11(19)7-12(20)17-14/h1-4,7H,5-6H2,(H,15,18)(H,21,22)(H2,16,17,19,20). The summed E-state index contributed by atoms with van der Waals surface area (Å²) in [4.78, 5) is 39.8. The van der Waals surface area contributed by atoms with E-state index < -0.39 is 11.5 Å². The van der Waals surface area contributed by atoms with Crippen molar-refractivity contribution < 1.29 is 19.8 Å². The zero-order chi connectivity index (χ0) is 16.8. The Morgan fingerprint density at radius 1 is 1.26 bits per heavy atom. The molecule has 0 saturated carbocycles. The third-order valence-corrected chi connectivity index (χ3v) is 3.56. The van der Waals surface area contributed by atoms with Gasteiger partial charge in [-0.3, -0.25) is 9.59 Å². The van der Waals surface area contributed by atoms with E-state index in [0.717, 1.165) is 17.8 Å². The van der Waals surface area contributed by atoms with Crippen molar-refractivity contribution >= 4 is 29.3 Å². The molecule has 0 fully saturated rings. The van der Waals surface area contributed by atoms with Gasteiger partial charge >= 0.3 is 5.97 Å². The Morgan fingerprint density at radius 3 is 2.57 bits per heavy atom. The number of rotatable bonds is 6. The summed E-state index contributed by atoms with van der Waals surface area (Å²) in [6, 6.07) is 6.76. The van der Waals surface area contributed by atoms with Crippen LogP contribution >= 0.6 is 11.8 Å². The van der Waals surface area contributed by atoms with Crippen LogP contribution in [0.5, 0.6) is 5.88 Å². The van der Waals surface area contributed by atoms with E-state index in [0.29, 0.717) is 11.4 Å². The number of carbonyl (C=O) groups is 2. The summed E-state index contributed by atoms with van der Waals surface area (Å²) < 4.78 is 0. The number of benzene rings is 1. The highest BCUT2D eigenvalue weighted by molar-refractivity contribution is 7.99. The summed E-state index contributed by atoms with van der Waals surface area (Å²) in [7, 11) is 0. The Kier molecular flexibility index (Phi) is 5.36. The molecule has 0 bridgehead atoms. The van der Waals surface area contributed by atoms with Gasteiger partial charge in [0.25, 0.3) is 5.56 Å². The lowest BCUT2D eigenvalue weighted by molar-refractivity contribution is -0.115. The van der Waals surface area contributed by atoms with Gasteiger partial charge in [-0.25, -0.2) is 4.79 Å². The first-order valence-corrected chi connectivity index (χ1v) is 7.49. The lowest BCUT2D eigenvalue weighted by Crippen LogP contribution is -2.13. The fourth-order valence-corrected chi connectivity index (χ4v) is 2.46. The number of hydrogen-bond acceptors (Lipinski definition) is 6. The van der Waals surface area contributed by atoms with Crippen LogP contribution in [0, 0.1) is 0 Å². The molecule has 0 aliphatic heterocycles. The number of carboxylic acid groups (broad SMARTS) is 1. The Labute approximate surface area is 134 Å². The molecule has 2 rings (SSSR count). The molecule has 1 aromatic heterocycles. The molecule has 2 aromatic rings. The monoisotopic (exact) mass is 335 g/mol.